The molecule has 0 spiro atoms. The second-order valence-corrected chi connectivity index (χ2v) is 10.5. The van der Waals surface area contributed by atoms with Gasteiger partial charge in [0.05, 0.1) is 13.2 Å². The lowest BCUT2D eigenvalue weighted by Gasteiger charge is -2.27. The molecule has 0 radical (unpaired) electrons. The van der Waals surface area contributed by atoms with E-state index in [2.05, 4.69) is 16.0 Å². The van der Waals surface area contributed by atoms with Crippen LogP contribution in [-0.2, 0) is 36.7 Å². The van der Waals surface area contributed by atoms with Crippen LogP contribution in [0.25, 0.3) is 0 Å². The van der Waals surface area contributed by atoms with Crippen molar-refractivity contribution in [3.63, 3.8) is 0 Å². The highest BCUT2D eigenvalue weighted by atomic mass is 16.6. The Balaban J connectivity index is 2.05. The van der Waals surface area contributed by atoms with Gasteiger partial charge in [-0.25, -0.2) is 9.59 Å². The van der Waals surface area contributed by atoms with E-state index >= 15 is 0 Å². The topological polar surface area (TPSA) is 173 Å². The van der Waals surface area contributed by atoms with Gasteiger partial charge in [-0.1, -0.05) is 18.2 Å². The monoisotopic (exact) mass is 557 g/mol. The predicted octanol–water partition coefficient (Wildman–Crippen LogP) is 1.70. The molecule has 216 valence electrons. The van der Waals surface area contributed by atoms with Crippen LogP contribution < -0.4 is 20.7 Å². The number of aliphatic hydroxyl groups excluding tert-OH is 1. The molecule has 0 unspecified atom stereocenters. The number of aliphatic hydroxyl groups is 1. The molecule has 4 atom stereocenters. The van der Waals surface area contributed by atoms with E-state index in [0.717, 1.165) is 0 Å². The first-order valence-electron chi connectivity index (χ1n) is 12.7. The van der Waals surface area contributed by atoms with Crippen molar-refractivity contribution in [3.8, 4) is 17.2 Å². The number of carbonyl (C=O) groups is 4. The summed E-state index contributed by atoms with van der Waals surface area (Å²) in [6.07, 6.45) is -2.28. The Hall–Kier alpha value is -4.32. The summed E-state index contributed by atoms with van der Waals surface area (Å²) in [7, 11) is 1.18. The minimum atomic E-state index is -1.47. The third-order valence-corrected chi connectivity index (χ3v) is 5.93. The quantitative estimate of drug-likeness (QED) is 0.352. The van der Waals surface area contributed by atoms with Crippen molar-refractivity contribution in [2.24, 2.45) is 0 Å². The Morgan fingerprint density at radius 1 is 1.02 bits per heavy atom. The normalized spacial score (nSPS) is 20.7. The van der Waals surface area contributed by atoms with E-state index in [1.54, 1.807) is 51.1 Å². The zero-order valence-corrected chi connectivity index (χ0v) is 23.0. The molecule has 0 aliphatic carbocycles. The summed E-state index contributed by atoms with van der Waals surface area (Å²) in [6.45, 7) is 6.29. The fraction of sp³-hybridized carbons (Fsp3) is 0.429. The summed E-state index contributed by atoms with van der Waals surface area (Å²) in [5, 5.41) is 28.2. The van der Waals surface area contributed by atoms with Gasteiger partial charge in [0.2, 0.25) is 11.8 Å². The number of esters is 1. The van der Waals surface area contributed by atoms with Crippen LogP contribution in [0.5, 0.6) is 17.2 Å². The number of methoxy groups -OCH3 is 1. The fourth-order valence-electron chi connectivity index (χ4n) is 3.97. The number of hydrogen-bond acceptors (Lipinski definition) is 9. The van der Waals surface area contributed by atoms with Crippen molar-refractivity contribution in [2.45, 2.75) is 70.4 Å². The van der Waals surface area contributed by atoms with E-state index in [-0.39, 0.29) is 24.3 Å². The Morgan fingerprint density at radius 2 is 1.68 bits per heavy atom. The summed E-state index contributed by atoms with van der Waals surface area (Å²) < 4.78 is 16.0. The molecular weight excluding hydrogens is 522 g/mol. The predicted molar refractivity (Wildman–Crippen MR) is 143 cm³/mol. The van der Waals surface area contributed by atoms with Gasteiger partial charge >= 0.3 is 12.1 Å². The number of benzene rings is 2. The minimum Gasteiger partial charge on any atom is -0.504 e. The van der Waals surface area contributed by atoms with Gasteiger partial charge in [-0.2, -0.15) is 0 Å². The van der Waals surface area contributed by atoms with E-state index < -0.39 is 53.7 Å². The highest BCUT2D eigenvalue weighted by molar-refractivity contribution is 5.93. The summed E-state index contributed by atoms with van der Waals surface area (Å²) in [4.78, 5) is 51.6. The molecule has 5 N–H and O–H groups in total. The molecule has 2 aliphatic heterocycles. The van der Waals surface area contributed by atoms with E-state index in [1.165, 1.54) is 26.2 Å². The van der Waals surface area contributed by atoms with E-state index in [0.29, 0.717) is 16.9 Å². The van der Waals surface area contributed by atoms with Crippen molar-refractivity contribution in [1.29, 1.82) is 0 Å². The molecule has 40 heavy (non-hydrogen) atoms. The first-order chi connectivity index (χ1) is 18.8. The van der Waals surface area contributed by atoms with Crippen molar-refractivity contribution in [3.05, 3.63) is 53.6 Å². The van der Waals surface area contributed by atoms with Gasteiger partial charge in [-0.15, -0.1) is 0 Å². The molecule has 2 aliphatic rings. The molecule has 0 saturated carbocycles. The number of nitrogens with one attached hydrogen (secondary N) is 3. The molecule has 2 heterocycles. The average molecular weight is 558 g/mol. The standard InChI is InChI=1S/C28H35N3O9/c1-15(32)23-25(35)29-20(26(36)38-5)12-16-6-9-18(10-7-16)39-22-14-17(8-11-21(22)33)13-19(24(34)31-23)30-27(37)40-28(2,3)4/h6-11,14-15,19-20,23,32-33H,12-13H2,1-5H3,(H,29,35)(H,30,37)(H,31,34)/t15-,19-,20-,23-/m0/s1. The lowest BCUT2D eigenvalue weighted by Crippen LogP contribution is -2.59. The third-order valence-electron chi connectivity index (χ3n) is 5.93. The maximum Gasteiger partial charge on any atom is 0.408 e. The average Bonchev–Trinajstić information content (AvgIpc) is 2.87. The maximum absolute atomic E-state index is 13.4. The van der Waals surface area contributed by atoms with Gasteiger partial charge in [-0.3, -0.25) is 9.59 Å². The molecule has 3 amide bonds. The Bertz CT molecular complexity index is 1240. The second kappa shape index (κ2) is 12.7. The van der Waals surface area contributed by atoms with Crippen LogP contribution in [0.15, 0.2) is 42.5 Å². The number of alkyl carbamates (subject to hydrolysis) is 1. The van der Waals surface area contributed by atoms with Crippen LogP contribution in [0, 0.1) is 0 Å². The van der Waals surface area contributed by atoms with Crippen molar-refractivity contribution in [1.82, 2.24) is 16.0 Å². The lowest BCUT2D eigenvalue weighted by atomic mass is 10.0. The number of rotatable bonds is 3. The molecule has 4 bridgehead atoms. The van der Waals surface area contributed by atoms with Gasteiger partial charge in [0.1, 0.15) is 29.5 Å². The van der Waals surface area contributed by atoms with Gasteiger partial charge in [0.25, 0.3) is 0 Å². The van der Waals surface area contributed by atoms with Crippen LogP contribution >= 0.6 is 0 Å². The third kappa shape index (κ3) is 8.34. The summed E-state index contributed by atoms with van der Waals surface area (Å²) in [6, 6.07) is 7.23. The van der Waals surface area contributed by atoms with Crippen LogP contribution in [0.1, 0.15) is 38.8 Å². The van der Waals surface area contributed by atoms with Crippen LogP contribution in [0.2, 0.25) is 0 Å². The molecule has 12 heteroatoms. The largest absolute Gasteiger partial charge is 0.504 e. The van der Waals surface area contributed by atoms with Gasteiger partial charge in [-0.05, 0) is 63.1 Å². The Labute approximate surface area is 232 Å². The van der Waals surface area contributed by atoms with Crippen molar-refractivity contribution in [2.75, 3.05) is 7.11 Å². The van der Waals surface area contributed by atoms with Gasteiger partial charge < -0.3 is 40.4 Å². The van der Waals surface area contributed by atoms with Crippen molar-refractivity contribution >= 4 is 23.9 Å². The molecule has 2 aromatic rings. The molecule has 0 aromatic heterocycles. The van der Waals surface area contributed by atoms with Gasteiger partial charge in [0, 0.05) is 12.8 Å². The Kier molecular flexibility index (Phi) is 9.59. The zero-order valence-electron chi connectivity index (χ0n) is 23.0. The summed E-state index contributed by atoms with van der Waals surface area (Å²) in [5.74, 6) is -2.01. The smallest absolute Gasteiger partial charge is 0.408 e. The van der Waals surface area contributed by atoms with E-state index in [1.807, 2.05) is 0 Å². The number of phenolic OH excluding ortho intramolecular Hbond substituents is 1. The zero-order chi connectivity index (χ0) is 29.6. The van der Waals surface area contributed by atoms with E-state index in [9.17, 15) is 29.4 Å². The first kappa shape index (κ1) is 30.2. The Morgan fingerprint density at radius 3 is 2.27 bits per heavy atom. The molecule has 2 aromatic carbocycles. The van der Waals surface area contributed by atoms with Crippen molar-refractivity contribution < 1.29 is 43.6 Å². The number of amides is 3. The summed E-state index contributed by atoms with van der Waals surface area (Å²) in [5.41, 5.74) is 0.315. The SMILES string of the molecule is COC(=O)[C@@H]1Cc2ccc(cc2)Oc2cc(ccc2O)C[C@H](NC(=O)OC(C)(C)C)C(=O)N[C@@H]([C@H](C)O)C(=O)N1. The van der Waals surface area contributed by atoms with Crippen LogP contribution in [-0.4, -0.2) is 71.0 Å². The highest BCUT2D eigenvalue weighted by Crippen LogP contribution is 2.32. The van der Waals surface area contributed by atoms with Crippen LogP contribution in [0.4, 0.5) is 4.79 Å². The lowest BCUT2D eigenvalue weighted by molar-refractivity contribution is -0.145. The molecule has 12 nitrogen and oxygen atoms in total. The first-order valence-corrected chi connectivity index (χ1v) is 12.7. The summed E-state index contributed by atoms with van der Waals surface area (Å²) >= 11 is 0. The molecule has 0 fully saturated rings. The van der Waals surface area contributed by atoms with Crippen LogP contribution in [0.3, 0.4) is 0 Å². The van der Waals surface area contributed by atoms with Gasteiger partial charge in [0.15, 0.2) is 11.5 Å². The number of fused-ring (bicyclic) bond motifs is 10. The number of hydrogen-bond donors (Lipinski definition) is 5. The number of carbonyl (C=O) groups excluding carboxylic acids is 4. The molecule has 4 rings (SSSR count). The molecule has 0 saturated heterocycles. The number of ether oxygens (including phenoxy) is 3. The fourth-order valence-corrected chi connectivity index (χ4v) is 3.97. The van der Waals surface area contributed by atoms with E-state index in [4.69, 9.17) is 14.2 Å². The second-order valence-electron chi connectivity index (χ2n) is 10.5. The minimum absolute atomic E-state index is 0.0444. The number of phenols is 1. The molecular formula is C28H35N3O9. The number of aromatic hydroxyl groups is 1. The highest BCUT2D eigenvalue weighted by Gasteiger charge is 2.33. The maximum atomic E-state index is 13.4.